The molecule has 0 saturated carbocycles. The summed E-state index contributed by atoms with van der Waals surface area (Å²) in [5.74, 6) is -2.61. The summed E-state index contributed by atoms with van der Waals surface area (Å²) in [5.41, 5.74) is 0.586. The van der Waals surface area contributed by atoms with Gasteiger partial charge >= 0.3 is 0 Å². The fourth-order valence-electron chi connectivity index (χ4n) is 6.08. The SMILES string of the molecule is CC1CN(c2c(C(O[SiH](c3ccccc3)c3ccccc3)C(C)(C)C)cc(C(=O)Cc3ccccc3)c(F)c2F)CC(C)O1. The zero-order valence-corrected chi connectivity index (χ0v) is 27.3. The monoisotopic (exact) mass is 613 g/mol. The normalized spacial score (nSPS) is 18.0. The molecule has 3 unspecified atom stereocenters. The van der Waals surface area contributed by atoms with Gasteiger partial charge < -0.3 is 14.1 Å². The number of carbonyl (C=O) groups excluding carboxylic acids is 1. The zero-order valence-electron chi connectivity index (χ0n) is 26.1. The lowest BCUT2D eigenvalue weighted by molar-refractivity contribution is -0.00576. The van der Waals surface area contributed by atoms with E-state index in [1.54, 1.807) is 6.07 Å². The van der Waals surface area contributed by atoms with E-state index in [9.17, 15) is 4.79 Å². The molecule has 4 aromatic carbocycles. The Balaban J connectivity index is 1.68. The summed E-state index contributed by atoms with van der Waals surface area (Å²) in [4.78, 5) is 15.5. The minimum atomic E-state index is -2.33. The Hall–Kier alpha value is -3.65. The minimum Gasteiger partial charge on any atom is -0.403 e. The van der Waals surface area contributed by atoms with Crippen molar-refractivity contribution in [3.63, 3.8) is 0 Å². The highest BCUT2D eigenvalue weighted by Gasteiger charge is 2.38. The van der Waals surface area contributed by atoms with E-state index in [0.29, 0.717) is 18.7 Å². The number of anilines is 1. The Bertz CT molecular complexity index is 1510. The van der Waals surface area contributed by atoms with Crippen molar-refractivity contribution in [2.45, 2.75) is 59.4 Å². The predicted molar refractivity (Wildman–Crippen MR) is 176 cm³/mol. The number of carbonyl (C=O) groups is 1. The van der Waals surface area contributed by atoms with E-state index in [1.807, 2.05) is 106 Å². The number of hydrogen-bond acceptors (Lipinski definition) is 4. The summed E-state index contributed by atoms with van der Waals surface area (Å²) in [6.45, 7) is 10.8. The van der Waals surface area contributed by atoms with Crippen LogP contribution in [0, 0.1) is 17.0 Å². The van der Waals surface area contributed by atoms with E-state index >= 15 is 8.78 Å². The number of hydrogen-bond donors (Lipinski definition) is 0. The predicted octanol–water partition coefficient (Wildman–Crippen LogP) is 6.65. The third-order valence-corrected chi connectivity index (χ3v) is 10.5. The Kier molecular flexibility index (Phi) is 9.78. The number of Topliss-reactive ketones (excluding diaryl/α,β-unsaturated/α-hetero) is 1. The smallest absolute Gasteiger partial charge is 0.240 e. The highest BCUT2D eigenvalue weighted by atomic mass is 28.3. The third kappa shape index (κ3) is 7.17. The molecule has 4 aromatic rings. The molecular weight excluding hydrogens is 572 g/mol. The van der Waals surface area contributed by atoms with Crippen molar-refractivity contribution in [2.75, 3.05) is 18.0 Å². The second kappa shape index (κ2) is 13.5. The topological polar surface area (TPSA) is 38.8 Å². The molecule has 1 aliphatic heterocycles. The molecule has 44 heavy (non-hydrogen) atoms. The van der Waals surface area contributed by atoms with Gasteiger partial charge in [0.25, 0.3) is 0 Å². The molecule has 0 bridgehead atoms. The van der Waals surface area contributed by atoms with Crippen molar-refractivity contribution in [2.24, 2.45) is 5.41 Å². The van der Waals surface area contributed by atoms with Gasteiger partial charge in [-0.2, -0.15) is 0 Å². The first kappa shape index (κ1) is 31.8. The molecule has 5 rings (SSSR count). The first-order valence-electron chi connectivity index (χ1n) is 15.3. The van der Waals surface area contributed by atoms with Gasteiger partial charge in [-0.05, 0) is 41.3 Å². The van der Waals surface area contributed by atoms with Gasteiger partial charge in [0.2, 0.25) is 9.04 Å². The Morgan fingerprint density at radius 1 is 0.864 bits per heavy atom. The molecule has 1 saturated heterocycles. The number of ether oxygens (including phenoxy) is 1. The maximum atomic E-state index is 16.5. The quantitative estimate of drug-likeness (QED) is 0.157. The maximum absolute atomic E-state index is 16.5. The molecule has 230 valence electrons. The number of halogens is 2. The number of morpholine rings is 1. The van der Waals surface area contributed by atoms with Gasteiger partial charge in [-0.15, -0.1) is 0 Å². The molecule has 7 heteroatoms. The highest BCUT2D eigenvalue weighted by molar-refractivity contribution is 6.80. The van der Waals surface area contributed by atoms with Crippen molar-refractivity contribution in [1.82, 2.24) is 0 Å². The third-order valence-electron chi connectivity index (χ3n) is 8.00. The summed E-state index contributed by atoms with van der Waals surface area (Å²) in [5, 5.41) is 2.15. The van der Waals surface area contributed by atoms with Crippen LogP contribution in [0.5, 0.6) is 0 Å². The molecule has 3 atom stereocenters. The molecule has 0 N–H and O–H groups in total. The van der Waals surface area contributed by atoms with E-state index in [0.717, 1.165) is 15.9 Å². The van der Waals surface area contributed by atoms with Gasteiger partial charge in [0.1, 0.15) is 0 Å². The van der Waals surface area contributed by atoms with Crippen molar-refractivity contribution in [1.29, 1.82) is 0 Å². The van der Waals surface area contributed by atoms with Crippen LogP contribution in [0.25, 0.3) is 0 Å². The van der Waals surface area contributed by atoms with Crippen LogP contribution in [0.4, 0.5) is 14.5 Å². The summed E-state index contributed by atoms with van der Waals surface area (Å²) < 4.78 is 45.7. The summed E-state index contributed by atoms with van der Waals surface area (Å²) in [6.07, 6.45) is -1.05. The van der Waals surface area contributed by atoms with Crippen LogP contribution in [0.1, 0.15) is 62.2 Å². The van der Waals surface area contributed by atoms with Crippen molar-refractivity contribution in [3.05, 3.63) is 125 Å². The Labute approximate surface area is 261 Å². The lowest BCUT2D eigenvalue weighted by atomic mass is 9.82. The number of rotatable bonds is 9. The lowest BCUT2D eigenvalue weighted by Gasteiger charge is -2.41. The molecule has 1 fully saturated rings. The molecule has 0 amide bonds. The van der Waals surface area contributed by atoms with Gasteiger partial charge in [0.05, 0.1) is 29.6 Å². The van der Waals surface area contributed by atoms with Crippen LogP contribution in [0.2, 0.25) is 0 Å². The molecule has 4 nitrogen and oxygen atoms in total. The van der Waals surface area contributed by atoms with E-state index in [4.69, 9.17) is 9.16 Å². The molecular formula is C37H41F2NO3Si. The summed E-state index contributed by atoms with van der Waals surface area (Å²) in [7, 11) is -2.33. The summed E-state index contributed by atoms with van der Waals surface area (Å²) >= 11 is 0. The van der Waals surface area contributed by atoms with E-state index in [2.05, 4.69) is 24.3 Å². The van der Waals surface area contributed by atoms with Crippen LogP contribution < -0.4 is 15.3 Å². The van der Waals surface area contributed by atoms with Crippen molar-refractivity contribution in [3.8, 4) is 0 Å². The van der Waals surface area contributed by atoms with Crippen LogP contribution in [-0.4, -0.2) is 40.1 Å². The van der Waals surface area contributed by atoms with Crippen LogP contribution >= 0.6 is 0 Å². The van der Waals surface area contributed by atoms with Gasteiger partial charge in [-0.25, -0.2) is 8.78 Å². The van der Waals surface area contributed by atoms with Gasteiger partial charge in [-0.1, -0.05) is 112 Å². The average molecular weight is 614 g/mol. The van der Waals surface area contributed by atoms with Gasteiger partial charge in [0, 0.05) is 25.1 Å². The van der Waals surface area contributed by atoms with Crippen LogP contribution in [0.15, 0.2) is 97.1 Å². The highest BCUT2D eigenvalue weighted by Crippen LogP contribution is 2.44. The van der Waals surface area contributed by atoms with Gasteiger partial charge in [0.15, 0.2) is 17.4 Å². The van der Waals surface area contributed by atoms with Gasteiger partial charge in [-0.3, -0.25) is 4.79 Å². The van der Waals surface area contributed by atoms with E-state index in [1.165, 1.54) is 0 Å². The number of benzene rings is 4. The van der Waals surface area contributed by atoms with Crippen molar-refractivity contribution < 1.29 is 22.7 Å². The fraction of sp³-hybridized carbons (Fsp3) is 0.324. The molecule has 0 aromatic heterocycles. The van der Waals surface area contributed by atoms with Crippen LogP contribution in [0.3, 0.4) is 0 Å². The second-order valence-corrected chi connectivity index (χ2v) is 15.2. The summed E-state index contributed by atoms with van der Waals surface area (Å²) in [6, 6.07) is 30.9. The van der Waals surface area contributed by atoms with E-state index in [-0.39, 0.29) is 29.9 Å². The average Bonchev–Trinajstić information content (AvgIpc) is 2.99. The molecule has 0 radical (unpaired) electrons. The molecule has 0 aliphatic carbocycles. The zero-order chi connectivity index (χ0) is 31.4. The number of ketones is 1. The molecule has 1 heterocycles. The van der Waals surface area contributed by atoms with E-state index < -0.39 is 38.0 Å². The minimum absolute atomic E-state index is 0.0337. The fourth-order valence-corrected chi connectivity index (χ4v) is 8.75. The second-order valence-electron chi connectivity index (χ2n) is 12.8. The Morgan fingerprint density at radius 3 is 1.86 bits per heavy atom. The largest absolute Gasteiger partial charge is 0.403 e. The van der Waals surface area contributed by atoms with Crippen molar-refractivity contribution >= 4 is 30.9 Å². The lowest BCUT2D eigenvalue weighted by Crippen LogP contribution is -2.48. The Morgan fingerprint density at radius 2 is 1.36 bits per heavy atom. The van der Waals surface area contributed by atoms with Crippen LogP contribution in [-0.2, 0) is 15.6 Å². The standard InChI is InChI=1S/C37H41F2NO3Si/c1-25-23-40(24-26(2)42-25)35-31(22-30(33(38)34(35)39)32(41)21-27-15-9-6-10-16-27)36(37(3,4)5)43-44(28-17-11-7-12-18-28)29-19-13-8-14-20-29/h6-20,22,25-26,36,44H,21,23-24H2,1-5H3. The first-order valence-corrected chi connectivity index (χ1v) is 16.9. The molecule has 1 aliphatic rings. The maximum Gasteiger partial charge on any atom is 0.240 e. The first-order chi connectivity index (χ1) is 21.0. The molecule has 0 spiro atoms. The number of nitrogens with zero attached hydrogens (tertiary/aromatic N) is 1.